The molecule has 0 bridgehead atoms. The van der Waals surface area contributed by atoms with Crippen molar-refractivity contribution in [1.29, 1.82) is 5.26 Å². The van der Waals surface area contributed by atoms with Gasteiger partial charge in [-0.05, 0) is 126 Å². The molecule has 0 aliphatic heterocycles. The van der Waals surface area contributed by atoms with Crippen molar-refractivity contribution in [3.8, 4) is 39.6 Å². The molecule has 53 heavy (non-hydrogen) atoms. The van der Waals surface area contributed by atoms with Crippen molar-refractivity contribution >= 4 is 44.5 Å². The van der Waals surface area contributed by atoms with Gasteiger partial charge in [0.25, 0.3) is 0 Å². The summed E-state index contributed by atoms with van der Waals surface area (Å²) in [5, 5.41) is 17.4. The summed E-state index contributed by atoms with van der Waals surface area (Å²) in [6, 6.07) is 38.1. The fraction of sp³-hybridized carbons (Fsp3) is 0.137. The minimum Gasteiger partial charge on any atom is -0.247 e. The quantitative estimate of drug-likeness (QED) is 0.171. The molecule has 0 saturated carbocycles. The molecule has 1 atom stereocenters. The van der Waals surface area contributed by atoms with Crippen LogP contribution in [0.3, 0.4) is 0 Å². The highest BCUT2D eigenvalue weighted by Crippen LogP contribution is 2.52. The molecule has 0 amide bonds. The van der Waals surface area contributed by atoms with E-state index in [0.29, 0.717) is 11.5 Å². The first-order chi connectivity index (χ1) is 26.0. The van der Waals surface area contributed by atoms with Gasteiger partial charge >= 0.3 is 0 Å². The lowest BCUT2D eigenvalue weighted by atomic mass is 9.77. The summed E-state index contributed by atoms with van der Waals surface area (Å²) in [4.78, 5) is 5.69. The third-order valence-electron chi connectivity index (χ3n) is 12.5. The molecule has 0 saturated heterocycles. The Bertz CT molecular complexity index is 2960. The van der Waals surface area contributed by atoms with E-state index in [0.717, 1.165) is 30.7 Å². The van der Waals surface area contributed by atoms with E-state index in [1.807, 2.05) is 6.07 Å². The fourth-order valence-electron chi connectivity index (χ4n) is 9.93. The molecule has 2 heteroatoms. The average Bonchev–Trinajstić information content (AvgIpc) is 3.43. The van der Waals surface area contributed by atoms with Crippen LogP contribution in [0, 0.1) is 17.2 Å². The maximum absolute atomic E-state index is 9.71. The van der Waals surface area contributed by atoms with Crippen molar-refractivity contribution in [2.45, 2.75) is 38.5 Å². The van der Waals surface area contributed by atoms with Gasteiger partial charge in [-0.2, -0.15) is 5.26 Å². The van der Waals surface area contributed by atoms with Gasteiger partial charge < -0.3 is 0 Å². The van der Waals surface area contributed by atoms with Crippen LogP contribution in [0.15, 0.2) is 133 Å². The summed E-state index contributed by atoms with van der Waals surface area (Å²) >= 11 is 0. The molecule has 1 unspecified atom stereocenters. The molecule has 6 aromatic carbocycles. The zero-order valence-electron chi connectivity index (χ0n) is 29.9. The first-order valence-corrected chi connectivity index (χ1v) is 18.8. The van der Waals surface area contributed by atoms with Crippen LogP contribution in [0.25, 0.3) is 78.0 Å². The molecule has 0 fully saturated rings. The number of pyridine rings is 1. The van der Waals surface area contributed by atoms with E-state index in [4.69, 9.17) is 4.98 Å². The number of hydrogen-bond acceptors (Lipinski definition) is 2. The molecule has 11 rings (SSSR count). The number of allylic oxidation sites excluding steroid dienone is 6. The van der Waals surface area contributed by atoms with Crippen LogP contribution >= 0.6 is 0 Å². The molecule has 7 aromatic rings. The Kier molecular flexibility index (Phi) is 6.35. The van der Waals surface area contributed by atoms with E-state index in [1.54, 1.807) is 0 Å². The minimum atomic E-state index is -0.218. The zero-order chi connectivity index (χ0) is 35.4. The number of fused-ring (bicyclic) bond motifs is 11. The number of benzene rings is 6. The van der Waals surface area contributed by atoms with Gasteiger partial charge in [0.1, 0.15) is 0 Å². The van der Waals surface area contributed by atoms with Crippen molar-refractivity contribution < 1.29 is 0 Å². The molecular weight excluding hydrogens is 641 g/mol. The Morgan fingerprint density at radius 2 is 1.51 bits per heavy atom. The Labute approximate surface area is 309 Å². The van der Waals surface area contributed by atoms with Gasteiger partial charge in [-0.1, -0.05) is 129 Å². The second-order valence-corrected chi connectivity index (χ2v) is 15.6. The summed E-state index contributed by atoms with van der Waals surface area (Å²) in [7, 11) is 0. The van der Waals surface area contributed by atoms with E-state index in [-0.39, 0.29) is 5.41 Å². The zero-order valence-corrected chi connectivity index (χ0v) is 29.9. The molecule has 4 aliphatic rings. The predicted octanol–water partition coefficient (Wildman–Crippen LogP) is 12.7. The summed E-state index contributed by atoms with van der Waals surface area (Å²) < 4.78 is 0. The number of aromatic nitrogens is 1. The number of nitrogens with zero attached hydrogens (tertiary/aromatic N) is 2. The van der Waals surface area contributed by atoms with E-state index in [9.17, 15) is 5.26 Å². The standard InChI is InChI=1S/C51H36N2/c1-51(2)44-25-30(29-52)19-22-36(44)37-23-21-34(27-45(37)51)47-38-15-7-9-17-40(38)49(41-18-10-8-16-39(41)47)50-42-24-20-31-11-5-6-14-35(31)48(42)43-26-32-12-3-4-13-33(32)28-46(43)53-50/h3-9,11-17,19-25,27-28,32H,10,18,26H2,1-2H3. The monoisotopic (exact) mass is 676 g/mol. The van der Waals surface area contributed by atoms with Crippen molar-refractivity contribution in [2.75, 3.05) is 0 Å². The number of hydrogen-bond donors (Lipinski definition) is 0. The van der Waals surface area contributed by atoms with Crippen LogP contribution in [-0.4, -0.2) is 4.98 Å². The maximum atomic E-state index is 9.71. The SMILES string of the molecule is CC1(C)c2cc(C#N)ccc2-c2ccc(-c3c4c(c(-c5nc6c(c7c5ccc5ccccc57)CC5C=CC=CC5=C6)c5ccccc35)CCC=C4)cc21. The smallest absolute Gasteiger partial charge is 0.0991 e. The Hall–Kier alpha value is -6.30. The van der Waals surface area contributed by atoms with E-state index in [1.165, 1.54) is 93.5 Å². The van der Waals surface area contributed by atoms with Crippen molar-refractivity contribution in [3.63, 3.8) is 0 Å². The topological polar surface area (TPSA) is 36.7 Å². The van der Waals surface area contributed by atoms with Crippen LogP contribution in [-0.2, 0) is 18.3 Å². The van der Waals surface area contributed by atoms with Gasteiger partial charge in [0.15, 0.2) is 0 Å². The van der Waals surface area contributed by atoms with E-state index in [2.05, 4.69) is 153 Å². The number of rotatable bonds is 2. The summed E-state index contributed by atoms with van der Waals surface area (Å²) in [5.41, 5.74) is 16.9. The highest BCUT2D eigenvalue weighted by atomic mass is 14.7. The largest absolute Gasteiger partial charge is 0.247 e. The normalized spacial score (nSPS) is 17.2. The first-order valence-electron chi connectivity index (χ1n) is 18.8. The summed E-state index contributed by atoms with van der Waals surface area (Å²) in [6.07, 6.45) is 18.9. The average molecular weight is 677 g/mol. The van der Waals surface area contributed by atoms with Crippen LogP contribution in [0.5, 0.6) is 0 Å². The van der Waals surface area contributed by atoms with Crippen molar-refractivity contribution in [2.24, 2.45) is 5.92 Å². The van der Waals surface area contributed by atoms with Gasteiger partial charge in [-0.3, -0.25) is 0 Å². The molecular formula is C51H36N2. The Morgan fingerprint density at radius 3 is 2.36 bits per heavy atom. The van der Waals surface area contributed by atoms with Crippen molar-refractivity contribution in [3.05, 3.63) is 172 Å². The Morgan fingerprint density at radius 1 is 0.736 bits per heavy atom. The molecule has 0 spiro atoms. The third kappa shape index (κ3) is 4.29. The van der Waals surface area contributed by atoms with E-state index < -0.39 is 0 Å². The molecule has 250 valence electrons. The molecule has 4 aliphatic carbocycles. The molecule has 1 aromatic heterocycles. The van der Waals surface area contributed by atoms with E-state index >= 15 is 0 Å². The van der Waals surface area contributed by atoms with Crippen molar-refractivity contribution in [1.82, 2.24) is 4.98 Å². The Balaban J connectivity index is 1.20. The van der Waals surface area contributed by atoms with Gasteiger partial charge in [-0.15, -0.1) is 0 Å². The lowest BCUT2D eigenvalue weighted by Gasteiger charge is -2.28. The number of nitriles is 1. The summed E-state index contributed by atoms with van der Waals surface area (Å²) in [5.74, 6) is 0.374. The van der Waals surface area contributed by atoms with Crippen LogP contribution in [0.2, 0.25) is 0 Å². The predicted molar refractivity (Wildman–Crippen MR) is 221 cm³/mol. The van der Waals surface area contributed by atoms with Gasteiger partial charge in [0, 0.05) is 22.3 Å². The molecule has 0 radical (unpaired) electrons. The highest BCUT2D eigenvalue weighted by molar-refractivity contribution is 6.18. The fourth-order valence-corrected chi connectivity index (χ4v) is 9.93. The lowest BCUT2D eigenvalue weighted by Crippen LogP contribution is -2.15. The molecule has 2 nitrogen and oxygen atoms in total. The molecule has 1 heterocycles. The van der Waals surface area contributed by atoms with Crippen LogP contribution in [0.1, 0.15) is 59.3 Å². The highest BCUT2D eigenvalue weighted by Gasteiger charge is 2.36. The van der Waals surface area contributed by atoms with Crippen LogP contribution < -0.4 is 0 Å². The maximum Gasteiger partial charge on any atom is 0.0991 e. The van der Waals surface area contributed by atoms with Crippen LogP contribution in [0.4, 0.5) is 0 Å². The third-order valence-corrected chi connectivity index (χ3v) is 12.5. The summed E-state index contributed by atoms with van der Waals surface area (Å²) in [6.45, 7) is 4.60. The minimum absolute atomic E-state index is 0.218. The first kappa shape index (κ1) is 30.3. The lowest BCUT2D eigenvalue weighted by molar-refractivity contribution is 0.660. The second kappa shape index (κ2) is 11.1. The van der Waals surface area contributed by atoms with Gasteiger partial charge in [0.2, 0.25) is 0 Å². The molecule has 0 N–H and O–H groups in total. The second-order valence-electron chi connectivity index (χ2n) is 15.6. The van der Waals surface area contributed by atoms with Gasteiger partial charge in [0.05, 0.1) is 23.0 Å². The van der Waals surface area contributed by atoms with Gasteiger partial charge in [-0.25, -0.2) is 4.98 Å².